The van der Waals surface area contributed by atoms with E-state index >= 15 is 0 Å². The van der Waals surface area contributed by atoms with Crippen LogP contribution < -0.4 is 0 Å². The van der Waals surface area contributed by atoms with Crippen LogP contribution in [0.1, 0.15) is 12.0 Å². The normalized spacial score (nSPS) is 20.6. The van der Waals surface area contributed by atoms with Gasteiger partial charge in [-0.3, -0.25) is 14.5 Å². The Morgan fingerprint density at radius 3 is 2.36 bits per heavy atom. The van der Waals surface area contributed by atoms with Crippen LogP contribution in [-0.4, -0.2) is 40.6 Å². The van der Waals surface area contributed by atoms with Gasteiger partial charge < -0.3 is 5.11 Å². The molecule has 1 aromatic carbocycles. The molecular weight excluding hydrogens is 306 g/mol. The van der Waals surface area contributed by atoms with E-state index in [-0.39, 0.29) is 12.8 Å². The van der Waals surface area contributed by atoms with E-state index in [1.165, 1.54) is 24.3 Å². The van der Waals surface area contributed by atoms with Gasteiger partial charge in [-0.05, 0) is 24.1 Å². The highest BCUT2D eigenvalue weighted by Crippen LogP contribution is 2.27. The van der Waals surface area contributed by atoms with Gasteiger partial charge in [-0.25, -0.2) is 4.39 Å². The largest absolute Gasteiger partial charge is 0.416 e. The molecule has 120 valence electrons. The van der Waals surface area contributed by atoms with E-state index in [4.69, 9.17) is 5.11 Å². The SMILES string of the molecule is O=C1C[C@@H](Cc2ccc(F)cc2)C(=O)N1C[C@H](O)C(F)(F)F. The second-order valence-corrected chi connectivity index (χ2v) is 5.13. The zero-order chi connectivity index (χ0) is 16.5. The second kappa shape index (κ2) is 6.04. The summed E-state index contributed by atoms with van der Waals surface area (Å²) in [6, 6.07) is 5.28. The maximum absolute atomic E-state index is 12.8. The molecule has 1 N–H and O–H groups in total. The predicted molar refractivity (Wildman–Crippen MR) is 67.0 cm³/mol. The number of nitrogens with zero attached hydrogens (tertiary/aromatic N) is 1. The zero-order valence-corrected chi connectivity index (χ0v) is 11.3. The highest BCUT2D eigenvalue weighted by molar-refractivity contribution is 6.03. The Kier molecular flexibility index (Phi) is 4.50. The number of halogens is 4. The average Bonchev–Trinajstić information content (AvgIpc) is 2.68. The van der Waals surface area contributed by atoms with E-state index < -0.39 is 42.4 Å². The van der Waals surface area contributed by atoms with Gasteiger partial charge in [-0.15, -0.1) is 0 Å². The number of benzene rings is 1. The minimum absolute atomic E-state index is 0.128. The van der Waals surface area contributed by atoms with Crippen LogP contribution in [0.15, 0.2) is 24.3 Å². The van der Waals surface area contributed by atoms with Gasteiger partial charge in [0.2, 0.25) is 11.8 Å². The summed E-state index contributed by atoms with van der Waals surface area (Å²) in [5.74, 6) is -2.75. The van der Waals surface area contributed by atoms with Crippen LogP contribution in [0.3, 0.4) is 0 Å². The first-order chi connectivity index (χ1) is 10.2. The van der Waals surface area contributed by atoms with Gasteiger partial charge in [0.25, 0.3) is 0 Å². The van der Waals surface area contributed by atoms with Crippen molar-refractivity contribution >= 4 is 11.8 Å². The second-order valence-electron chi connectivity index (χ2n) is 5.13. The number of hydrogen-bond acceptors (Lipinski definition) is 3. The fourth-order valence-corrected chi connectivity index (χ4v) is 2.28. The molecule has 1 aromatic rings. The molecule has 1 aliphatic heterocycles. The van der Waals surface area contributed by atoms with Gasteiger partial charge in [-0.2, -0.15) is 13.2 Å². The molecule has 4 nitrogen and oxygen atoms in total. The number of rotatable bonds is 4. The minimum Gasteiger partial charge on any atom is -0.382 e. The first-order valence-electron chi connectivity index (χ1n) is 6.52. The highest BCUT2D eigenvalue weighted by Gasteiger charge is 2.45. The third kappa shape index (κ3) is 3.62. The molecule has 2 rings (SSSR count). The minimum atomic E-state index is -4.89. The molecule has 1 saturated heterocycles. The molecule has 1 aliphatic rings. The summed E-state index contributed by atoms with van der Waals surface area (Å²) in [5, 5.41) is 8.98. The Balaban J connectivity index is 2.04. The van der Waals surface area contributed by atoms with Crippen LogP contribution in [-0.2, 0) is 16.0 Å². The van der Waals surface area contributed by atoms with Crippen molar-refractivity contribution in [3.63, 3.8) is 0 Å². The molecule has 0 saturated carbocycles. The van der Waals surface area contributed by atoms with E-state index in [0.29, 0.717) is 10.5 Å². The topological polar surface area (TPSA) is 57.6 Å². The van der Waals surface area contributed by atoms with Gasteiger partial charge >= 0.3 is 6.18 Å². The smallest absolute Gasteiger partial charge is 0.382 e. The van der Waals surface area contributed by atoms with Crippen molar-refractivity contribution in [3.05, 3.63) is 35.6 Å². The van der Waals surface area contributed by atoms with Gasteiger partial charge in [0.15, 0.2) is 6.10 Å². The number of imide groups is 1. The molecule has 1 fully saturated rings. The number of aliphatic hydroxyl groups excluding tert-OH is 1. The molecule has 0 radical (unpaired) electrons. The van der Waals surface area contributed by atoms with Crippen molar-refractivity contribution in [2.75, 3.05) is 6.54 Å². The third-order valence-corrected chi connectivity index (χ3v) is 3.47. The van der Waals surface area contributed by atoms with E-state index in [2.05, 4.69) is 0 Å². The first-order valence-corrected chi connectivity index (χ1v) is 6.52. The Morgan fingerprint density at radius 2 is 1.82 bits per heavy atom. The van der Waals surface area contributed by atoms with E-state index in [9.17, 15) is 27.2 Å². The molecule has 0 bridgehead atoms. The van der Waals surface area contributed by atoms with Gasteiger partial charge in [0, 0.05) is 6.42 Å². The number of hydrogen-bond donors (Lipinski definition) is 1. The summed E-state index contributed by atoms with van der Waals surface area (Å²) < 4.78 is 49.7. The van der Waals surface area contributed by atoms with Crippen molar-refractivity contribution in [3.8, 4) is 0 Å². The summed E-state index contributed by atoms with van der Waals surface area (Å²) in [5.41, 5.74) is 0.603. The Bertz CT molecular complexity index is 570. The molecule has 8 heteroatoms. The Morgan fingerprint density at radius 1 is 1.23 bits per heavy atom. The van der Waals surface area contributed by atoms with Crippen molar-refractivity contribution < 1.29 is 32.3 Å². The number of amides is 2. The number of β-amino-alcohol motifs (C(OH)–C–C–N with tert-alkyl or cyclic N) is 1. The van der Waals surface area contributed by atoms with Crippen LogP contribution in [0.4, 0.5) is 17.6 Å². The number of alkyl halides is 3. The predicted octanol–water partition coefficient (Wildman–Crippen LogP) is 1.67. The molecule has 0 spiro atoms. The maximum Gasteiger partial charge on any atom is 0.416 e. The fourth-order valence-electron chi connectivity index (χ4n) is 2.28. The van der Waals surface area contributed by atoms with Crippen LogP contribution in [0.2, 0.25) is 0 Å². The molecule has 0 aliphatic carbocycles. The van der Waals surface area contributed by atoms with Crippen LogP contribution in [0.25, 0.3) is 0 Å². The molecule has 22 heavy (non-hydrogen) atoms. The summed E-state index contributed by atoms with van der Waals surface area (Å²) in [6.45, 7) is -1.10. The van der Waals surface area contributed by atoms with Gasteiger partial charge in [0.05, 0.1) is 12.5 Å². The monoisotopic (exact) mass is 319 g/mol. The summed E-state index contributed by atoms with van der Waals surface area (Å²) in [4.78, 5) is 24.1. The van der Waals surface area contributed by atoms with Crippen LogP contribution >= 0.6 is 0 Å². The number of carbonyl (C=O) groups excluding carboxylic acids is 2. The van der Waals surface area contributed by atoms with Gasteiger partial charge in [0.1, 0.15) is 5.82 Å². The van der Waals surface area contributed by atoms with Crippen molar-refractivity contribution in [1.82, 2.24) is 4.90 Å². The molecule has 2 amide bonds. The van der Waals surface area contributed by atoms with Crippen molar-refractivity contribution in [1.29, 1.82) is 0 Å². The zero-order valence-electron chi connectivity index (χ0n) is 11.3. The van der Waals surface area contributed by atoms with Gasteiger partial charge in [-0.1, -0.05) is 12.1 Å². The van der Waals surface area contributed by atoms with E-state index in [1.807, 2.05) is 0 Å². The van der Waals surface area contributed by atoms with Crippen LogP contribution in [0, 0.1) is 11.7 Å². The number of likely N-dealkylation sites (tertiary alicyclic amines) is 1. The average molecular weight is 319 g/mol. The van der Waals surface area contributed by atoms with Crippen molar-refractivity contribution in [2.24, 2.45) is 5.92 Å². The lowest BCUT2D eigenvalue weighted by Crippen LogP contribution is -2.43. The Hall–Kier alpha value is -1.96. The number of aliphatic hydroxyl groups is 1. The lowest BCUT2D eigenvalue weighted by Gasteiger charge is -2.20. The fraction of sp³-hybridized carbons (Fsp3) is 0.429. The van der Waals surface area contributed by atoms with E-state index in [0.717, 1.165) is 0 Å². The van der Waals surface area contributed by atoms with E-state index in [1.54, 1.807) is 0 Å². The standard InChI is InChI=1S/C14H13F4NO3/c15-10-3-1-8(2-4-10)5-9-6-12(21)19(13(9)22)7-11(20)14(16,17)18/h1-4,9,11,20H,5-7H2/t9-,11+/m1/s1. The quantitative estimate of drug-likeness (QED) is 0.678. The third-order valence-electron chi connectivity index (χ3n) is 3.47. The summed E-state index contributed by atoms with van der Waals surface area (Å²) in [7, 11) is 0. The molecule has 0 aromatic heterocycles. The highest BCUT2D eigenvalue weighted by atomic mass is 19.4. The Labute approximate surface area is 123 Å². The molecule has 2 atom stereocenters. The summed E-state index contributed by atoms with van der Waals surface area (Å²) in [6.07, 6.45) is -7.75. The maximum atomic E-state index is 12.8. The van der Waals surface area contributed by atoms with Crippen LogP contribution in [0.5, 0.6) is 0 Å². The molecule has 0 unspecified atom stereocenters. The molecule has 1 heterocycles. The lowest BCUT2D eigenvalue weighted by atomic mass is 9.98. The lowest BCUT2D eigenvalue weighted by molar-refractivity contribution is -0.207. The first kappa shape index (κ1) is 16.4. The summed E-state index contributed by atoms with van der Waals surface area (Å²) >= 11 is 0. The van der Waals surface area contributed by atoms with Crippen molar-refractivity contribution in [2.45, 2.75) is 25.1 Å². The molecular formula is C14H13F4NO3. The number of carbonyl (C=O) groups is 2.